The van der Waals surface area contributed by atoms with Crippen molar-refractivity contribution in [3.8, 4) is 11.8 Å². The largest absolute Gasteiger partial charge is 0.465 e. The molecule has 96 valence electrons. The van der Waals surface area contributed by atoms with E-state index in [1.54, 1.807) is 24.3 Å². The van der Waals surface area contributed by atoms with Gasteiger partial charge < -0.3 is 9.84 Å². The van der Waals surface area contributed by atoms with Gasteiger partial charge in [-0.3, -0.25) is 0 Å². The molecule has 3 heteroatoms. The number of unbranched alkanes of at least 4 members (excludes halogenated alkanes) is 2. The van der Waals surface area contributed by atoms with E-state index in [-0.39, 0.29) is 5.97 Å². The third kappa shape index (κ3) is 4.23. The highest BCUT2D eigenvalue weighted by Crippen LogP contribution is 2.13. The second-order valence-electron chi connectivity index (χ2n) is 3.94. The molecule has 0 heterocycles. The molecule has 0 radical (unpaired) electrons. The van der Waals surface area contributed by atoms with Gasteiger partial charge in [0.1, 0.15) is 6.10 Å². The van der Waals surface area contributed by atoms with Crippen molar-refractivity contribution in [2.45, 2.75) is 32.3 Å². The lowest BCUT2D eigenvalue weighted by atomic mass is 10.1. The lowest BCUT2D eigenvalue weighted by Gasteiger charge is -2.04. The number of ether oxygens (including phenoxy) is 1. The first-order valence-corrected chi connectivity index (χ1v) is 6.03. The fraction of sp³-hybridized carbons (Fsp3) is 0.400. The fourth-order valence-corrected chi connectivity index (χ4v) is 1.44. The Hall–Kier alpha value is -1.79. The maximum atomic E-state index is 11.2. The van der Waals surface area contributed by atoms with Crippen molar-refractivity contribution in [1.29, 1.82) is 0 Å². The Morgan fingerprint density at radius 2 is 2.06 bits per heavy atom. The van der Waals surface area contributed by atoms with E-state index in [9.17, 15) is 9.90 Å². The average Bonchev–Trinajstić information content (AvgIpc) is 2.42. The highest BCUT2D eigenvalue weighted by Gasteiger charge is 2.07. The maximum absolute atomic E-state index is 11.2. The average molecular weight is 246 g/mol. The molecule has 0 aliphatic rings. The zero-order valence-corrected chi connectivity index (χ0v) is 10.8. The van der Waals surface area contributed by atoms with Crippen LogP contribution in [-0.4, -0.2) is 18.2 Å². The fourth-order valence-electron chi connectivity index (χ4n) is 1.44. The quantitative estimate of drug-likeness (QED) is 0.505. The molecule has 1 N–H and O–H groups in total. The molecule has 3 nitrogen and oxygen atoms in total. The van der Waals surface area contributed by atoms with Gasteiger partial charge >= 0.3 is 5.97 Å². The summed E-state index contributed by atoms with van der Waals surface area (Å²) in [5.74, 6) is 5.34. The predicted molar refractivity (Wildman–Crippen MR) is 70.0 cm³/mol. The van der Waals surface area contributed by atoms with Crippen LogP contribution in [0.4, 0.5) is 0 Å². The molecule has 1 aromatic rings. The summed E-state index contributed by atoms with van der Waals surface area (Å²) in [4.78, 5) is 11.2. The van der Waals surface area contributed by atoms with Gasteiger partial charge in [0.05, 0.1) is 12.7 Å². The summed E-state index contributed by atoms with van der Waals surface area (Å²) in [5.41, 5.74) is 1.15. The highest BCUT2D eigenvalue weighted by atomic mass is 16.5. The summed E-state index contributed by atoms with van der Waals surface area (Å²) in [6.45, 7) is 2.10. The topological polar surface area (TPSA) is 46.5 Å². The van der Waals surface area contributed by atoms with E-state index < -0.39 is 6.10 Å². The van der Waals surface area contributed by atoms with E-state index in [0.717, 1.165) is 19.3 Å². The number of aliphatic hydroxyl groups is 1. The van der Waals surface area contributed by atoms with E-state index >= 15 is 0 Å². The van der Waals surface area contributed by atoms with Crippen LogP contribution in [0.2, 0.25) is 0 Å². The van der Waals surface area contributed by atoms with Crippen LogP contribution in [0.3, 0.4) is 0 Å². The molecular formula is C15H18O3. The number of hydrogen-bond donors (Lipinski definition) is 1. The number of rotatable bonds is 4. The van der Waals surface area contributed by atoms with Gasteiger partial charge in [-0.2, -0.15) is 0 Å². The lowest BCUT2D eigenvalue weighted by molar-refractivity contribution is 0.0600. The smallest absolute Gasteiger partial charge is 0.337 e. The molecule has 1 atom stereocenters. The second kappa shape index (κ2) is 7.52. The minimum absolute atomic E-state index is 0.384. The third-order valence-electron chi connectivity index (χ3n) is 2.54. The number of carbonyl (C=O) groups is 1. The van der Waals surface area contributed by atoms with E-state index in [1.807, 2.05) is 0 Å². The van der Waals surface area contributed by atoms with Gasteiger partial charge in [0.2, 0.25) is 0 Å². The molecule has 0 aliphatic heterocycles. The highest BCUT2D eigenvalue weighted by molar-refractivity contribution is 5.89. The maximum Gasteiger partial charge on any atom is 0.337 e. The predicted octanol–water partition coefficient (Wildman–Crippen LogP) is 2.70. The molecule has 0 saturated heterocycles. The SMILES string of the molecule is CCCCC#CC(O)c1ccc(C(=O)OC)cc1. The second-order valence-corrected chi connectivity index (χ2v) is 3.94. The van der Waals surface area contributed by atoms with Crippen LogP contribution >= 0.6 is 0 Å². The van der Waals surface area contributed by atoms with Crippen LogP contribution in [0.15, 0.2) is 24.3 Å². The van der Waals surface area contributed by atoms with E-state index in [1.165, 1.54) is 7.11 Å². The molecule has 1 rings (SSSR count). The summed E-state index contributed by atoms with van der Waals surface area (Å²) < 4.78 is 4.60. The monoisotopic (exact) mass is 246 g/mol. The van der Waals surface area contributed by atoms with Gasteiger partial charge in [-0.15, -0.1) is 5.92 Å². The Morgan fingerprint density at radius 3 is 2.61 bits per heavy atom. The Balaban J connectivity index is 2.66. The first-order chi connectivity index (χ1) is 8.69. The van der Waals surface area contributed by atoms with Crippen LogP contribution in [0.25, 0.3) is 0 Å². The minimum atomic E-state index is -0.798. The normalized spacial score (nSPS) is 11.3. The molecule has 0 fully saturated rings. The van der Waals surface area contributed by atoms with E-state index in [4.69, 9.17) is 0 Å². The van der Waals surface area contributed by atoms with Gasteiger partial charge in [-0.05, 0) is 24.1 Å². The molecule has 1 aromatic carbocycles. The first-order valence-electron chi connectivity index (χ1n) is 6.03. The Morgan fingerprint density at radius 1 is 1.39 bits per heavy atom. The van der Waals surface area contributed by atoms with Gasteiger partial charge in [-0.25, -0.2) is 4.79 Å². The summed E-state index contributed by atoms with van der Waals surface area (Å²) in [6.07, 6.45) is 2.14. The molecule has 0 bridgehead atoms. The number of esters is 1. The minimum Gasteiger partial charge on any atom is -0.465 e. The molecule has 1 unspecified atom stereocenters. The molecule has 0 spiro atoms. The number of hydrogen-bond acceptors (Lipinski definition) is 3. The van der Waals surface area contributed by atoms with Crippen molar-refractivity contribution in [3.63, 3.8) is 0 Å². The summed E-state index contributed by atoms with van der Waals surface area (Å²) in [5, 5.41) is 9.82. The number of benzene rings is 1. The molecule has 0 amide bonds. The Labute approximate surface area is 108 Å². The third-order valence-corrected chi connectivity index (χ3v) is 2.54. The van der Waals surface area contributed by atoms with Crippen molar-refractivity contribution in [1.82, 2.24) is 0 Å². The number of aliphatic hydroxyl groups excluding tert-OH is 1. The van der Waals surface area contributed by atoms with Crippen molar-refractivity contribution in [3.05, 3.63) is 35.4 Å². The number of carbonyl (C=O) groups excluding carboxylic acids is 1. The van der Waals surface area contributed by atoms with Crippen molar-refractivity contribution in [2.75, 3.05) is 7.11 Å². The van der Waals surface area contributed by atoms with Gasteiger partial charge in [0, 0.05) is 6.42 Å². The van der Waals surface area contributed by atoms with Crippen molar-refractivity contribution < 1.29 is 14.6 Å². The van der Waals surface area contributed by atoms with Crippen LogP contribution in [0, 0.1) is 11.8 Å². The van der Waals surface area contributed by atoms with Crippen LogP contribution < -0.4 is 0 Å². The molecule has 0 saturated carbocycles. The van der Waals surface area contributed by atoms with Gasteiger partial charge in [-0.1, -0.05) is 31.4 Å². The molecule has 0 aromatic heterocycles. The van der Waals surface area contributed by atoms with Crippen molar-refractivity contribution >= 4 is 5.97 Å². The first kappa shape index (κ1) is 14.3. The number of methoxy groups -OCH3 is 1. The van der Waals surface area contributed by atoms with Crippen LogP contribution in [-0.2, 0) is 4.74 Å². The summed E-state index contributed by atoms with van der Waals surface area (Å²) in [7, 11) is 1.34. The zero-order valence-electron chi connectivity index (χ0n) is 10.8. The Kier molecular flexibility index (Phi) is 5.96. The van der Waals surface area contributed by atoms with Gasteiger partial charge in [0.15, 0.2) is 0 Å². The Bertz CT molecular complexity index is 437. The summed E-state index contributed by atoms with van der Waals surface area (Å²) >= 11 is 0. The zero-order chi connectivity index (χ0) is 13.4. The van der Waals surface area contributed by atoms with E-state index in [2.05, 4.69) is 23.5 Å². The molecule has 18 heavy (non-hydrogen) atoms. The summed E-state index contributed by atoms with van der Waals surface area (Å²) in [6, 6.07) is 6.62. The van der Waals surface area contributed by atoms with Crippen LogP contribution in [0.1, 0.15) is 48.2 Å². The molecular weight excluding hydrogens is 228 g/mol. The van der Waals surface area contributed by atoms with Gasteiger partial charge in [0.25, 0.3) is 0 Å². The lowest BCUT2D eigenvalue weighted by Crippen LogP contribution is -2.01. The van der Waals surface area contributed by atoms with Crippen molar-refractivity contribution in [2.24, 2.45) is 0 Å². The standard InChI is InChI=1S/C15H18O3/c1-3-4-5-6-7-14(16)12-8-10-13(11-9-12)15(17)18-2/h8-11,14,16H,3-5H2,1-2H3. The van der Waals surface area contributed by atoms with Crippen LogP contribution in [0.5, 0.6) is 0 Å². The van der Waals surface area contributed by atoms with E-state index in [0.29, 0.717) is 11.1 Å². The molecule has 0 aliphatic carbocycles.